The predicted molar refractivity (Wildman–Crippen MR) is 113 cm³/mol. The molecule has 1 atom stereocenters. The van der Waals surface area contributed by atoms with Gasteiger partial charge in [-0.1, -0.05) is 42.5 Å². The van der Waals surface area contributed by atoms with Gasteiger partial charge in [-0.2, -0.15) is 13.2 Å². The summed E-state index contributed by atoms with van der Waals surface area (Å²) in [6.07, 6.45) is -0.356. The molecule has 0 spiro atoms. The normalized spacial score (nSPS) is 16.9. The molecule has 1 amide bonds. The summed E-state index contributed by atoms with van der Waals surface area (Å²) in [7, 11) is 0. The first-order valence-corrected chi connectivity index (χ1v) is 10.4. The standard InChI is InChI=1S/C25H23F3N2O/c26-25(27,28)22-10-4-6-18(15-22)14-19-11-12-23(29-16-19)21-9-5-13-30(17-21)24(31)20-7-2-1-3-8-20/h1-4,6-8,10-12,15-16,21H,5,9,13-14,17H2. The summed E-state index contributed by atoms with van der Waals surface area (Å²) in [4.78, 5) is 19.2. The van der Waals surface area contributed by atoms with Crippen LogP contribution in [0.1, 0.15) is 51.5 Å². The number of nitrogens with zero attached hydrogens (tertiary/aromatic N) is 2. The SMILES string of the molecule is O=C(c1ccccc1)N1CCCC(c2ccc(Cc3cccc(C(F)(F)F)c3)cn2)C1. The molecule has 3 nitrogen and oxygen atoms in total. The first-order valence-electron chi connectivity index (χ1n) is 10.4. The topological polar surface area (TPSA) is 33.2 Å². The van der Waals surface area contributed by atoms with Crippen LogP contribution in [-0.4, -0.2) is 28.9 Å². The van der Waals surface area contributed by atoms with Crippen molar-refractivity contribution in [2.75, 3.05) is 13.1 Å². The summed E-state index contributed by atoms with van der Waals surface area (Å²) in [5.74, 6) is 0.190. The second kappa shape index (κ2) is 8.92. The van der Waals surface area contributed by atoms with Crippen molar-refractivity contribution < 1.29 is 18.0 Å². The van der Waals surface area contributed by atoms with Crippen LogP contribution in [0.15, 0.2) is 72.9 Å². The number of carbonyl (C=O) groups is 1. The Labute approximate surface area is 179 Å². The van der Waals surface area contributed by atoms with E-state index in [2.05, 4.69) is 4.98 Å². The highest BCUT2D eigenvalue weighted by Gasteiger charge is 2.30. The zero-order valence-corrected chi connectivity index (χ0v) is 17.0. The summed E-state index contributed by atoms with van der Waals surface area (Å²) in [5.41, 5.74) is 2.42. The van der Waals surface area contributed by atoms with Crippen molar-refractivity contribution in [3.8, 4) is 0 Å². The number of hydrogen-bond donors (Lipinski definition) is 0. The zero-order chi connectivity index (χ0) is 21.8. The van der Waals surface area contributed by atoms with E-state index in [0.717, 1.165) is 36.7 Å². The van der Waals surface area contributed by atoms with Crippen molar-refractivity contribution in [1.82, 2.24) is 9.88 Å². The molecule has 1 aromatic heterocycles. The number of amides is 1. The van der Waals surface area contributed by atoms with Crippen molar-refractivity contribution in [2.45, 2.75) is 31.4 Å². The molecule has 1 fully saturated rings. The van der Waals surface area contributed by atoms with Gasteiger partial charge in [-0.15, -0.1) is 0 Å². The first kappa shape index (κ1) is 21.1. The van der Waals surface area contributed by atoms with Crippen molar-refractivity contribution in [1.29, 1.82) is 0 Å². The Hall–Kier alpha value is -3.15. The third-order valence-electron chi connectivity index (χ3n) is 5.66. The van der Waals surface area contributed by atoms with Gasteiger partial charge in [0.1, 0.15) is 0 Å². The molecule has 4 rings (SSSR count). The molecule has 0 N–H and O–H groups in total. The minimum absolute atomic E-state index is 0.0338. The van der Waals surface area contributed by atoms with Gasteiger partial charge in [-0.05, 0) is 54.7 Å². The molecular weight excluding hydrogens is 401 g/mol. The average molecular weight is 424 g/mol. The Bertz CT molecular complexity index is 1030. The lowest BCUT2D eigenvalue weighted by atomic mass is 9.93. The second-order valence-electron chi connectivity index (χ2n) is 7.92. The summed E-state index contributed by atoms with van der Waals surface area (Å²) < 4.78 is 38.8. The number of aromatic nitrogens is 1. The van der Waals surface area contributed by atoms with E-state index in [9.17, 15) is 18.0 Å². The fourth-order valence-electron chi connectivity index (χ4n) is 4.04. The van der Waals surface area contributed by atoms with E-state index in [1.54, 1.807) is 12.3 Å². The second-order valence-corrected chi connectivity index (χ2v) is 7.92. The molecule has 0 bridgehead atoms. The number of alkyl halides is 3. The molecule has 3 aromatic rings. The number of benzene rings is 2. The highest BCUT2D eigenvalue weighted by molar-refractivity contribution is 5.94. The highest BCUT2D eigenvalue weighted by Crippen LogP contribution is 2.30. The fourth-order valence-corrected chi connectivity index (χ4v) is 4.04. The Morgan fingerprint density at radius 3 is 2.52 bits per heavy atom. The summed E-state index contributed by atoms with van der Waals surface area (Å²) in [6.45, 7) is 1.35. The fraction of sp³-hybridized carbons (Fsp3) is 0.280. The third kappa shape index (κ3) is 5.13. The summed E-state index contributed by atoms with van der Waals surface area (Å²) >= 11 is 0. The van der Waals surface area contributed by atoms with E-state index in [4.69, 9.17) is 0 Å². The Balaban J connectivity index is 1.43. The minimum atomic E-state index is -4.35. The van der Waals surface area contributed by atoms with Crippen LogP contribution in [0.25, 0.3) is 0 Å². The molecule has 0 aliphatic carbocycles. The van der Waals surface area contributed by atoms with Crippen LogP contribution in [0.2, 0.25) is 0 Å². The van der Waals surface area contributed by atoms with E-state index < -0.39 is 11.7 Å². The molecule has 0 radical (unpaired) electrons. The van der Waals surface area contributed by atoms with Crippen molar-refractivity contribution in [3.63, 3.8) is 0 Å². The van der Waals surface area contributed by atoms with E-state index in [1.165, 1.54) is 12.1 Å². The number of pyridine rings is 1. The highest BCUT2D eigenvalue weighted by atomic mass is 19.4. The Morgan fingerprint density at radius 1 is 1.00 bits per heavy atom. The quantitative estimate of drug-likeness (QED) is 0.537. The molecule has 1 aliphatic heterocycles. The number of rotatable bonds is 4. The van der Waals surface area contributed by atoms with Gasteiger partial charge in [-0.3, -0.25) is 9.78 Å². The molecule has 1 unspecified atom stereocenters. The lowest BCUT2D eigenvalue weighted by Gasteiger charge is -2.32. The molecule has 160 valence electrons. The summed E-state index contributed by atoms with van der Waals surface area (Å²) in [5, 5.41) is 0. The lowest BCUT2D eigenvalue weighted by Crippen LogP contribution is -2.39. The van der Waals surface area contributed by atoms with Crippen LogP contribution < -0.4 is 0 Å². The maximum Gasteiger partial charge on any atom is 0.416 e. The molecule has 1 saturated heterocycles. The predicted octanol–water partition coefficient (Wildman–Crippen LogP) is 5.71. The zero-order valence-electron chi connectivity index (χ0n) is 17.0. The number of carbonyl (C=O) groups excluding carboxylic acids is 1. The van der Waals surface area contributed by atoms with Crippen molar-refractivity contribution in [3.05, 3.63) is 101 Å². The monoisotopic (exact) mass is 424 g/mol. The largest absolute Gasteiger partial charge is 0.416 e. The lowest BCUT2D eigenvalue weighted by molar-refractivity contribution is -0.137. The Morgan fingerprint density at radius 2 is 1.81 bits per heavy atom. The maximum atomic E-state index is 12.9. The summed E-state index contributed by atoms with van der Waals surface area (Å²) in [6, 6.07) is 18.5. The van der Waals surface area contributed by atoms with Crippen LogP contribution in [0.5, 0.6) is 0 Å². The number of halogens is 3. The van der Waals surface area contributed by atoms with E-state index in [0.29, 0.717) is 24.1 Å². The number of piperidine rings is 1. The van der Waals surface area contributed by atoms with E-state index in [1.807, 2.05) is 47.4 Å². The minimum Gasteiger partial charge on any atom is -0.338 e. The van der Waals surface area contributed by atoms with Gasteiger partial charge in [0.05, 0.1) is 5.56 Å². The molecule has 0 saturated carbocycles. The van der Waals surface area contributed by atoms with Gasteiger partial charge in [0.25, 0.3) is 5.91 Å². The third-order valence-corrected chi connectivity index (χ3v) is 5.66. The molecule has 31 heavy (non-hydrogen) atoms. The van der Waals surface area contributed by atoms with Gasteiger partial charge in [-0.25, -0.2) is 0 Å². The molecule has 1 aliphatic rings. The number of likely N-dealkylation sites (tertiary alicyclic amines) is 1. The van der Waals surface area contributed by atoms with Crippen LogP contribution >= 0.6 is 0 Å². The van der Waals surface area contributed by atoms with Gasteiger partial charge in [0.15, 0.2) is 0 Å². The molecule has 6 heteroatoms. The smallest absolute Gasteiger partial charge is 0.338 e. The molecular formula is C25H23F3N2O. The maximum absolute atomic E-state index is 12.9. The van der Waals surface area contributed by atoms with Crippen LogP contribution in [0.4, 0.5) is 13.2 Å². The Kier molecular flexibility index (Phi) is 6.07. The van der Waals surface area contributed by atoms with Crippen LogP contribution in [0.3, 0.4) is 0 Å². The van der Waals surface area contributed by atoms with E-state index in [-0.39, 0.29) is 11.8 Å². The van der Waals surface area contributed by atoms with Gasteiger partial charge in [0, 0.05) is 36.5 Å². The average Bonchev–Trinajstić information content (AvgIpc) is 2.79. The first-order chi connectivity index (χ1) is 14.9. The van der Waals surface area contributed by atoms with E-state index >= 15 is 0 Å². The number of hydrogen-bond acceptors (Lipinski definition) is 2. The van der Waals surface area contributed by atoms with Gasteiger partial charge >= 0.3 is 6.18 Å². The molecule has 2 heterocycles. The van der Waals surface area contributed by atoms with Crippen molar-refractivity contribution >= 4 is 5.91 Å². The van der Waals surface area contributed by atoms with Gasteiger partial charge < -0.3 is 4.90 Å². The molecule has 2 aromatic carbocycles. The van der Waals surface area contributed by atoms with Crippen molar-refractivity contribution in [2.24, 2.45) is 0 Å². The van der Waals surface area contributed by atoms with Gasteiger partial charge in [0.2, 0.25) is 0 Å². The van der Waals surface area contributed by atoms with Crippen LogP contribution in [0, 0.1) is 0 Å². The van der Waals surface area contributed by atoms with Crippen LogP contribution in [-0.2, 0) is 12.6 Å².